The molecule has 0 saturated heterocycles. The largest absolute Gasteiger partial charge is 0.421 e. The van der Waals surface area contributed by atoms with Crippen LogP contribution in [0.2, 0.25) is 0 Å². The van der Waals surface area contributed by atoms with Crippen molar-refractivity contribution in [2.75, 3.05) is 0 Å². The Labute approximate surface area is 158 Å². The molecule has 0 aliphatic carbocycles. The summed E-state index contributed by atoms with van der Waals surface area (Å²) in [6.07, 6.45) is 0. The summed E-state index contributed by atoms with van der Waals surface area (Å²) < 4.78 is 5.67. The van der Waals surface area contributed by atoms with Crippen molar-refractivity contribution in [3.05, 3.63) is 105 Å². The maximum atomic E-state index is 12.8. The van der Waals surface area contributed by atoms with Crippen LogP contribution in [0.3, 0.4) is 0 Å². The quantitative estimate of drug-likeness (QED) is 0.336. The van der Waals surface area contributed by atoms with E-state index < -0.39 is 5.63 Å². The van der Waals surface area contributed by atoms with Crippen molar-refractivity contribution in [3.8, 4) is 23.0 Å². The zero-order valence-electron chi connectivity index (χ0n) is 15.2. The molecule has 0 bridgehead atoms. The molecule has 130 valence electrons. The van der Waals surface area contributed by atoms with Crippen molar-refractivity contribution in [2.24, 2.45) is 0 Å². The van der Waals surface area contributed by atoms with Gasteiger partial charge in [-0.05, 0) is 48.7 Å². The molecule has 27 heavy (non-hydrogen) atoms. The Morgan fingerprint density at radius 3 is 2.19 bits per heavy atom. The van der Waals surface area contributed by atoms with Crippen molar-refractivity contribution in [2.45, 2.75) is 13.8 Å². The van der Waals surface area contributed by atoms with E-state index in [1.807, 2.05) is 80.6 Å². The zero-order chi connectivity index (χ0) is 18.8. The first-order valence-corrected chi connectivity index (χ1v) is 8.84. The van der Waals surface area contributed by atoms with E-state index in [1.165, 1.54) is 0 Å². The zero-order valence-corrected chi connectivity index (χ0v) is 15.2. The van der Waals surface area contributed by atoms with Gasteiger partial charge in [0.2, 0.25) is 0 Å². The van der Waals surface area contributed by atoms with E-state index >= 15 is 0 Å². The Morgan fingerprint density at radius 1 is 0.815 bits per heavy atom. The van der Waals surface area contributed by atoms with Gasteiger partial charge in [0.25, 0.3) is 0 Å². The fourth-order valence-corrected chi connectivity index (χ4v) is 3.33. The number of fused-ring (bicyclic) bond motifs is 1. The van der Waals surface area contributed by atoms with Crippen molar-refractivity contribution in [1.82, 2.24) is 0 Å². The molecule has 1 aromatic heterocycles. The molecule has 2 nitrogen and oxygen atoms in total. The van der Waals surface area contributed by atoms with Gasteiger partial charge in [0.05, 0.1) is 0 Å². The van der Waals surface area contributed by atoms with E-state index in [9.17, 15) is 4.79 Å². The van der Waals surface area contributed by atoms with Crippen LogP contribution in [0.1, 0.15) is 22.3 Å². The van der Waals surface area contributed by atoms with Crippen LogP contribution in [0.5, 0.6) is 0 Å². The van der Waals surface area contributed by atoms with Gasteiger partial charge >= 0.3 is 5.63 Å². The molecule has 0 aliphatic heterocycles. The second-order valence-corrected chi connectivity index (χ2v) is 6.58. The fraction of sp³-hybridized carbons (Fsp3) is 0.0800. The van der Waals surface area contributed by atoms with E-state index in [-0.39, 0.29) is 0 Å². The van der Waals surface area contributed by atoms with Gasteiger partial charge in [-0.2, -0.15) is 0 Å². The highest BCUT2D eigenvalue weighted by Gasteiger charge is 2.16. The molecule has 2 heteroatoms. The molecule has 0 aliphatic rings. The minimum absolute atomic E-state index is 0.391. The van der Waals surface area contributed by atoms with Crippen LogP contribution in [0, 0.1) is 25.7 Å². The fourth-order valence-electron chi connectivity index (χ4n) is 3.33. The van der Waals surface area contributed by atoms with Gasteiger partial charge in [-0.15, -0.1) is 0 Å². The topological polar surface area (TPSA) is 30.2 Å². The third-order valence-corrected chi connectivity index (χ3v) is 4.51. The molecule has 0 spiro atoms. The summed E-state index contributed by atoms with van der Waals surface area (Å²) in [4.78, 5) is 12.8. The number of rotatable bonds is 1. The average Bonchev–Trinajstić information content (AvgIpc) is 2.68. The maximum Gasteiger partial charge on any atom is 0.352 e. The molecule has 0 amide bonds. The van der Waals surface area contributed by atoms with Crippen molar-refractivity contribution in [1.29, 1.82) is 0 Å². The van der Waals surface area contributed by atoms with Gasteiger partial charge in [0, 0.05) is 16.5 Å². The first kappa shape index (κ1) is 16.9. The molecule has 0 fully saturated rings. The van der Waals surface area contributed by atoms with Crippen LogP contribution in [0.15, 0.2) is 82.0 Å². The molecule has 0 atom stereocenters. The Hall–Kier alpha value is -3.57. The summed E-state index contributed by atoms with van der Waals surface area (Å²) in [6, 6.07) is 23.6. The highest BCUT2D eigenvalue weighted by molar-refractivity contribution is 5.97. The lowest BCUT2D eigenvalue weighted by atomic mass is 9.95. The predicted molar refractivity (Wildman–Crippen MR) is 110 cm³/mol. The SMILES string of the molecule is Cc1cc(C)c2oc(=O)c(C#Cc3ccccc3)c(-c3ccccc3)c2c1. The van der Waals surface area contributed by atoms with Crippen LogP contribution in [0.25, 0.3) is 22.1 Å². The monoisotopic (exact) mass is 350 g/mol. The van der Waals surface area contributed by atoms with Crippen molar-refractivity contribution >= 4 is 11.0 Å². The van der Waals surface area contributed by atoms with E-state index in [0.29, 0.717) is 11.1 Å². The van der Waals surface area contributed by atoms with Gasteiger partial charge in [0.1, 0.15) is 11.1 Å². The molecule has 0 unspecified atom stereocenters. The van der Waals surface area contributed by atoms with Crippen LogP contribution < -0.4 is 5.63 Å². The molecule has 0 N–H and O–H groups in total. The number of aryl methyl sites for hydroxylation is 2. The summed E-state index contributed by atoms with van der Waals surface area (Å²) >= 11 is 0. The van der Waals surface area contributed by atoms with E-state index in [2.05, 4.69) is 17.9 Å². The van der Waals surface area contributed by atoms with Gasteiger partial charge in [-0.25, -0.2) is 4.79 Å². The normalized spacial score (nSPS) is 10.4. The van der Waals surface area contributed by atoms with Crippen LogP contribution in [0.4, 0.5) is 0 Å². The minimum atomic E-state index is -0.406. The smallest absolute Gasteiger partial charge is 0.352 e. The third kappa shape index (κ3) is 3.28. The highest BCUT2D eigenvalue weighted by atomic mass is 16.4. The molecular formula is C25H18O2. The summed E-state index contributed by atoms with van der Waals surface area (Å²) in [5.74, 6) is 6.17. The minimum Gasteiger partial charge on any atom is -0.421 e. The average molecular weight is 350 g/mol. The summed E-state index contributed by atoms with van der Waals surface area (Å²) in [6.45, 7) is 4.00. The van der Waals surface area contributed by atoms with Gasteiger partial charge < -0.3 is 4.42 Å². The van der Waals surface area contributed by atoms with Gasteiger partial charge in [-0.3, -0.25) is 0 Å². The van der Waals surface area contributed by atoms with Crippen LogP contribution in [-0.4, -0.2) is 0 Å². The second kappa shape index (κ2) is 6.97. The number of hydrogen-bond acceptors (Lipinski definition) is 2. The molecule has 4 aromatic rings. The van der Waals surface area contributed by atoms with E-state index in [4.69, 9.17) is 4.42 Å². The van der Waals surface area contributed by atoms with Gasteiger partial charge in [0.15, 0.2) is 0 Å². The molecule has 0 radical (unpaired) electrons. The van der Waals surface area contributed by atoms with Gasteiger partial charge in [-0.1, -0.05) is 66.4 Å². The summed E-state index contributed by atoms with van der Waals surface area (Å²) in [7, 11) is 0. The Balaban J connectivity index is 2.08. The Kier molecular flexibility index (Phi) is 4.36. The van der Waals surface area contributed by atoms with E-state index in [1.54, 1.807) is 0 Å². The predicted octanol–water partition coefficient (Wildman–Crippen LogP) is 5.48. The third-order valence-electron chi connectivity index (χ3n) is 4.51. The van der Waals surface area contributed by atoms with Crippen molar-refractivity contribution < 1.29 is 4.42 Å². The first-order valence-electron chi connectivity index (χ1n) is 8.84. The lowest BCUT2D eigenvalue weighted by Gasteiger charge is -2.11. The highest BCUT2D eigenvalue weighted by Crippen LogP contribution is 2.32. The number of hydrogen-bond donors (Lipinski definition) is 0. The summed E-state index contributed by atoms with van der Waals surface area (Å²) in [5, 5.41) is 0.913. The molecule has 3 aromatic carbocycles. The standard InChI is InChI=1S/C25H18O2/c1-17-15-18(2)24-22(16-17)23(20-11-7-4-8-12-20)21(25(26)27-24)14-13-19-9-5-3-6-10-19/h3-12,15-16H,1-2H3. The molecule has 4 rings (SSSR count). The first-order chi connectivity index (χ1) is 13.1. The van der Waals surface area contributed by atoms with Crippen molar-refractivity contribution in [3.63, 3.8) is 0 Å². The lowest BCUT2D eigenvalue weighted by Crippen LogP contribution is -2.08. The lowest BCUT2D eigenvalue weighted by molar-refractivity contribution is 0.557. The van der Waals surface area contributed by atoms with E-state index in [0.717, 1.165) is 33.2 Å². The Morgan fingerprint density at radius 2 is 1.48 bits per heavy atom. The van der Waals surface area contributed by atoms with Crippen LogP contribution >= 0.6 is 0 Å². The molecule has 0 saturated carbocycles. The molecule has 1 heterocycles. The summed E-state index contributed by atoms with van der Waals surface area (Å²) in [5.41, 5.74) is 5.31. The molecular weight excluding hydrogens is 332 g/mol. The van der Waals surface area contributed by atoms with Crippen LogP contribution in [-0.2, 0) is 0 Å². The Bertz CT molecular complexity index is 1240. The second-order valence-electron chi connectivity index (χ2n) is 6.58. The maximum absolute atomic E-state index is 12.8. The number of benzene rings is 3.